The van der Waals surface area contributed by atoms with E-state index in [1.54, 1.807) is 7.11 Å². The summed E-state index contributed by atoms with van der Waals surface area (Å²) in [5, 5.41) is 4.66. The van der Waals surface area contributed by atoms with Gasteiger partial charge in [-0.2, -0.15) is 0 Å². The number of fused-ring (bicyclic) bond motifs is 3. The molecule has 0 spiro atoms. The van der Waals surface area contributed by atoms with Gasteiger partial charge >= 0.3 is 0 Å². The Kier molecular flexibility index (Phi) is 2.73. The first-order chi connectivity index (χ1) is 8.70. The Labute approximate surface area is 113 Å². The molecule has 0 fully saturated rings. The summed E-state index contributed by atoms with van der Waals surface area (Å²) in [4.78, 5) is 11.5. The van der Waals surface area contributed by atoms with E-state index in [2.05, 4.69) is 0 Å². The van der Waals surface area contributed by atoms with Crippen LogP contribution in [0.15, 0.2) is 35.7 Å². The number of methoxy groups -OCH3 is 1. The summed E-state index contributed by atoms with van der Waals surface area (Å²) in [5.41, 5.74) is 0.569. The van der Waals surface area contributed by atoms with Crippen molar-refractivity contribution in [3.05, 3.63) is 41.3 Å². The van der Waals surface area contributed by atoms with E-state index in [1.165, 1.54) is 11.3 Å². The second-order valence-corrected chi connectivity index (χ2v) is 5.21. The molecule has 0 aliphatic heterocycles. The van der Waals surface area contributed by atoms with Crippen molar-refractivity contribution >= 4 is 49.0 Å². The zero-order valence-corrected chi connectivity index (χ0v) is 11.1. The first-order valence-electron chi connectivity index (χ1n) is 5.38. The summed E-state index contributed by atoms with van der Waals surface area (Å²) in [7, 11) is 1.64. The minimum Gasteiger partial charge on any atom is -0.497 e. The van der Waals surface area contributed by atoms with E-state index < -0.39 is 5.24 Å². The van der Waals surface area contributed by atoms with Gasteiger partial charge in [0.1, 0.15) is 5.75 Å². The van der Waals surface area contributed by atoms with E-state index in [4.69, 9.17) is 16.3 Å². The maximum atomic E-state index is 11.5. The lowest BCUT2D eigenvalue weighted by Crippen LogP contribution is -1.90. The fourth-order valence-electron chi connectivity index (χ4n) is 2.12. The monoisotopic (exact) mass is 276 g/mol. The minimum absolute atomic E-state index is 0.417. The highest BCUT2D eigenvalue weighted by molar-refractivity contribution is 7.18. The fourth-order valence-corrected chi connectivity index (χ4v) is 3.25. The first-order valence-corrected chi connectivity index (χ1v) is 6.64. The van der Waals surface area contributed by atoms with Crippen LogP contribution in [0.4, 0.5) is 0 Å². The fraction of sp³-hybridized carbons (Fsp3) is 0.0714. The van der Waals surface area contributed by atoms with Gasteiger partial charge in [-0.15, -0.1) is 11.3 Å². The van der Waals surface area contributed by atoms with Gasteiger partial charge < -0.3 is 4.74 Å². The Hall–Kier alpha value is -1.58. The molecule has 0 aliphatic rings. The molecule has 0 bridgehead atoms. The maximum Gasteiger partial charge on any atom is 0.253 e. The number of carbonyl (C=O) groups excluding carboxylic acids is 1. The molecule has 2 nitrogen and oxygen atoms in total. The highest BCUT2D eigenvalue weighted by atomic mass is 35.5. The van der Waals surface area contributed by atoms with E-state index in [1.807, 2.05) is 35.7 Å². The predicted octanol–water partition coefficient (Wildman–Crippen LogP) is 4.44. The van der Waals surface area contributed by atoms with E-state index in [-0.39, 0.29) is 0 Å². The standard InChI is InChI=1S/C14H9ClO2S/c1-17-9-3-2-8-6-12(14(15)16)13-10(4-5-18-13)11(8)7-9/h2-7H,1H3. The first kappa shape index (κ1) is 11.5. The number of hydrogen-bond acceptors (Lipinski definition) is 3. The lowest BCUT2D eigenvalue weighted by Gasteiger charge is -2.06. The summed E-state index contributed by atoms with van der Waals surface area (Å²) < 4.78 is 6.16. The second kappa shape index (κ2) is 4.26. The van der Waals surface area contributed by atoms with E-state index in [0.717, 1.165) is 26.6 Å². The number of hydrogen-bond donors (Lipinski definition) is 0. The molecular formula is C14H9ClO2S. The van der Waals surface area contributed by atoms with Gasteiger partial charge in [0.25, 0.3) is 5.24 Å². The van der Waals surface area contributed by atoms with Crippen molar-refractivity contribution in [3.8, 4) is 5.75 Å². The lowest BCUT2D eigenvalue weighted by molar-refractivity contribution is 0.108. The summed E-state index contributed by atoms with van der Waals surface area (Å²) in [6.45, 7) is 0. The number of carbonyl (C=O) groups is 1. The van der Waals surface area contributed by atoms with Crippen molar-refractivity contribution < 1.29 is 9.53 Å². The normalized spacial score (nSPS) is 11.0. The lowest BCUT2D eigenvalue weighted by atomic mass is 10.0. The third-order valence-electron chi connectivity index (χ3n) is 2.97. The van der Waals surface area contributed by atoms with Crippen LogP contribution >= 0.6 is 22.9 Å². The van der Waals surface area contributed by atoms with Gasteiger partial charge in [-0.1, -0.05) is 6.07 Å². The van der Waals surface area contributed by atoms with Crippen LogP contribution in [0, 0.1) is 0 Å². The van der Waals surface area contributed by atoms with Crippen LogP contribution in [0.3, 0.4) is 0 Å². The highest BCUT2D eigenvalue weighted by Gasteiger charge is 2.12. The molecule has 18 heavy (non-hydrogen) atoms. The summed E-state index contributed by atoms with van der Waals surface area (Å²) in [6.07, 6.45) is 0. The summed E-state index contributed by atoms with van der Waals surface area (Å²) in [5.74, 6) is 0.806. The molecule has 90 valence electrons. The topological polar surface area (TPSA) is 26.3 Å². The third-order valence-corrected chi connectivity index (χ3v) is 4.12. The zero-order chi connectivity index (χ0) is 12.7. The Balaban J connectivity index is 2.47. The number of rotatable bonds is 2. The Morgan fingerprint density at radius 3 is 2.78 bits per heavy atom. The molecule has 2 aromatic carbocycles. The van der Waals surface area contributed by atoms with Crippen LogP contribution in [0.1, 0.15) is 10.4 Å². The second-order valence-electron chi connectivity index (χ2n) is 3.95. The SMILES string of the molecule is COc1ccc2cc(C(=O)Cl)c3sccc3c2c1. The molecule has 0 atom stereocenters. The van der Waals surface area contributed by atoms with Crippen LogP contribution in [-0.4, -0.2) is 12.4 Å². The molecule has 0 unspecified atom stereocenters. The van der Waals surface area contributed by atoms with Crippen LogP contribution in [0.25, 0.3) is 20.9 Å². The third kappa shape index (κ3) is 1.67. The quantitative estimate of drug-likeness (QED) is 0.647. The highest BCUT2D eigenvalue weighted by Crippen LogP contribution is 2.35. The van der Waals surface area contributed by atoms with Crippen molar-refractivity contribution in [2.75, 3.05) is 7.11 Å². The average molecular weight is 277 g/mol. The van der Waals surface area contributed by atoms with Crippen LogP contribution < -0.4 is 4.74 Å². The molecule has 0 radical (unpaired) electrons. The average Bonchev–Trinajstić information content (AvgIpc) is 2.86. The Bertz CT molecular complexity index is 761. The van der Waals surface area contributed by atoms with Gasteiger partial charge in [0, 0.05) is 10.1 Å². The van der Waals surface area contributed by atoms with Crippen molar-refractivity contribution in [2.24, 2.45) is 0 Å². The van der Waals surface area contributed by atoms with Crippen molar-refractivity contribution in [3.63, 3.8) is 0 Å². The van der Waals surface area contributed by atoms with Crippen LogP contribution in [0.5, 0.6) is 5.75 Å². The van der Waals surface area contributed by atoms with Crippen LogP contribution in [-0.2, 0) is 0 Å². The number of ether oxygens (including phenoxy) is 1. The summed E-state index contributed by atoms with van der Waals surface area (Å²) in [6, 6.07) is 9.64. The van der Waals surface area contributed by atoms with Gasteiger partial charge in [-0.3, -0.25) is 4.79 Å². The van der Waals surface area contributed by atoms with E-state index in [9.17, 15) is 4.79 Å². The molecule has 3 rings (SSSR count). The number of benzene rings is 2. The smallest absolute Gasteiger partial charge is 0.253 e. The van der Waals surface area contributed by atoms with Gasteiger partial charge in [0.05, 0.1) is 12.7 Å². The van der Waals surface area contributed by atoms with E-state index >= 15 is 0 Å². The zero-order valence-electron chi connectivity index (χ0n) is 9.57. The van der Waals surface area contributed by atoms with Crippen molar-refractivity contribution in [1.82, 2.24) is 0 Å². The van der Waals surface area contributed by atoms with Gasteiger partial charge in [-0.05, 0) is 52.0 Å². The largest absolute Gasteiger partial charge is 0.497 e. The van der Waals surface area contributed by atoms with Crippen molar-refractivity contribution in [2.45, 2.75) is 0 Å². The molecule has 1 aromatic heterocycles. The molecule has 0 aliphatic carbocycles. The molecule has 0 saturated heterocycles. The molecule has 0 saturated carbocycles. The Morgan fingerprint density at radius 2 is 2.06 bits per heavy atom. The Morgan fingerprint density at radius 1 is 1.22 bits per heavy atom. The maximum absolute atomic E-state index is 11.5. The van der Waals surface area contributed by atoms with Gasteiger partial charge in [0.15, 0.2) is 0 Å². The molecule has 0 N–H and O–H groups in total. The number of thiophene rings is 1. The molecule has 3 aromatic rings. The predicted molar refractivity (Wildman–Crippen MR) is 76.1 cm³/mol. The van der Waals surface area contributed by atoms with Gasteiger partial charge in [0.2, 0.25) is 0 Å². The minimum atomic E-state index is -0.417. The van der Waals surface area contributed by atoms with Crippen molar-refractivity contribution in [1.29, 1.82) is 0 Å². The van der Waals surface area contributed by atoms with Crippen LogP contribution in [0.2, 0.25) is 0 Å². The molecule has 0 amide bonds. The van der Waals surface area contributed by atoms with E-state index in [0.29, 0.717) is 5.56 Å². The van der Waals surface area contributed by atoms with Gasteiger partial charge in [-0.25, -0.2) is 0 Å². The molecule has 4 heteroatoms. The molecule has 1 heterocycles. The molecular weight excluding hydrogens is 268 g/mol. The summed E-state index contributed by atoms with van der Waals surface area (Å²) >= 11 is 7.17. The number of halogens is 1.